The Hall–Kier alpha value is -1.91. The Labute approximate surface area is 151 Å². The lowest BCUT2D eigenvalue weighted by molar-refractivity contribution is -0.122. The van der Waals surface area contributed by atoms with Crippen LogP contribution >= 0.6 is 23.2 Å². The van der Waals surface area contributed by atoms with Gasteiger partial charge < -0.3 is 14.8 Å². The maximum Gasteiger partial charge on any atom is 0.265 e. The molecule has 2 aromatic rings. The minimum atomic E-state index is -0.700. The Bertz CT molecular complexity index is 739. The van der Waals surface area contributed by atoms with Crippen molar-refractivity contribution in [1.82, 2.24) is 0 Å². The standard InChI is InChI=1S/C18H19Cl2NO3/c1-10-7-14(8-11(2)17(10)20)24-12(3)18(22)21-15-9-13(19)5-6-16(15)23-4/h5-9,12H,1-4H3,(H,21,22)/t12-/m1/s1. The molecule has 0 saturated carbocycles. The summed E-state index contributed by atoms with van der Waals surface area (Å²) in [6.45, 7) is 5.46. The summed E-state index contributed by atoms with van der Waals surface area (Å²) in [6, 6.07) is 8.62. The number of amides is 1. The lowest BCUT2D eigenvalue weighted by Crippen LogP contribution is -2.30. The number of hydrogen-bond acceptors (Lipinski definition) is 3. The number of benzene rings is 2. The van der Waals surface area contributed by atoms with Crippen LogP contribution in [0.25, 0.3) is 0 Å². The van der Waals surface area contributed by atoms with Crippen LogP contribution in [0.3, 0.4) is 0 Å². The lowest BCUT2D eigenvalue weighted by atomic mass is 10.1. The van der Waals surface area contributed by atoms with E-state index in [0.717, 1.165) is 11.1 Å². The van der Waals surface area contributed by atoms with Crippen LogP contribution in [-0.4, -0.2) is 19.1 Å². The topological polar surface area (TPSA) is 47.6 Å². The molecule has 0 aliphatic carbocycles. The highest BCUT2D eigenvalue weighted by Gasteiger charge is 2.17. The monoisotopic (exact) mass is 367 g/mol. The second-order valence-corrected chi connectivity index (χ2v) is 6.28. The Balaban J connectivity index is 2.12. The van der Waals surface area contributed by atoms with Crippen molar-refractivity contribution in [1.29, 1.82) is 0 Å². The summed E-state index contributed by atoms with van der Waals surface area (Å²) >= 11 is 12.1. The average molecular weight is 368 g/mol. The van der Waals surface area contributed by atoms with Gasteiger partial charge in [-0.1, -0.05) is 23.2 Å². The maximum absolute atomic E-state index is 12.4. The third-order valence-corrected chi connectivity index (χ3v) is 4.34. The molecular weight excluding hydrogens is 349 g/mol. The highest BCUT2D eigenvalue weighted by Crippen LogP contribution is 2.29. The van der Waals surface area contributed by atoms with Crippen LogP contribution in [0.4, 0.5) is 5.69 Å². The molecule has 0 aromatic heterocycles. The SMILES string of the molecule is COc1ccc(Cl)cc1NC(=O)[C@@H](C)Oc1cc(C)c(Cl)c(C)c1. The van der Waals surface area contributed by atoms with Crippen LogP contribution < -0.4 is 14.8 Å². The van der Waals surface area contributed by atoms with Gasteiger partial charge in [-0.05, 0) is 62.2 Å². The number of anilines is 1. The zero-order valence-corrected chi connectivity index (χ0v) is 15.5. The van der Waals surface area contributed by atoms with Gasteiger partial charge in [0, 0.05) is 10.0 Å². The predicted octanol–water partition coefficient (Wildman–Crippen LogP) is 5.02. The van der Waals surface area contributed by atoms with Crippen molar-refractivity contribution in [3.63, 3.8) is 0 Å². The number of methoxy groups -OCH3 is 1. The predicted molar refractivity (Wildman–Crippen MR) is 97.6 cm³/mol. The van der Waals surface area contributed by atoms with E-state index in [1.165, 1.54) is 7.11 Å². The van der Waals surface area contributed by atoms with Gasteiger partial charge >= 0.3 is 0 Å². The summed E-state index contributed by atoms with van der Waals surface area (Å²) in [6.07, 6.45) is -0.700. The van der Waals surface area contributed by atoms with E-state index in [1.807, 2.05) is 13.8 Å². The summed E-state index contributed by atoms with van der Waals surface area (Å²) in [5.41, 5.74) is 2.29. The molecule has 0 radical (unpaired) electrons. The molecule has 0 aliphatic rings. The van der Waals surface area contributed by atoms with Crippen LogP contribution in [0.15, 0.2) is 30.3 Å². The van der Waals surface area contributed by atoms with Crippen molar-refractivity contribution in [2.75, 3.05) is 12.4 Å². The van der Waals surface area contributed by atoms with E-state index in [9.17, 15) is 4.79 Å². The Morgan fingerprint density at radius 1 is 1.12 bits per heavy atom. The van der Waals surface area contributed by atoms with Crippen LogP contribution in [0.5, 0.6) is 11.5 Å². The highest BCUT2D eigenvalue weighted by molar-refractivity contribution is 6.32. The lowest BCUT2D eigenvalue weighted by Gasteiger charge is -2.17. The third kappa shape index (κ3) is 4.34. The van der Waals surface area contributed by atoms with Crippen molar-refractivity contribution in [3.8, 4) is 11.5 Å². The molecule has 1 amide bonds. The second kappa shape index (κ2) is 7.77. The first-order chi connectivity index (χ1) is 11.3. The van der Waals surface area contributed by atoms with Crippen LogP contribution in [-0.2, 0) is 4.79 Å². The Kier molecular flexibility index (Phi) is 5.97. The van der Waals surface area contributed by atoms with Crippen molar-refractivity contribution >= 4 is 34.8 Å². The fraction of sp³-hybridized carbons (Fsp3) is 0.278. The zero-order chi connectivity index (χ0) is 17.9. The van der Waals surface area contributed by atoms with Gasteiger partial charge in [0.1, 0.15) is 11.5 Å². The number of carbonyl (C=O) groups is 1. The highest BCUT2D eigenvalue weighted by atomic mass is 35.5. The minimum absolute atomic E-state index is 0.305. The van der Waals surface area contributed by atoms with Crippen LogP contribution in [0.1, 0.15) is 18.1 Å². The van der Waals surface area contributed by atoms with E-state index in [4.69, 9.17) is 32.7 Å². The third-order valence-electron chi connectivity index (χ3n) is 3.51. The molecule has 6 heteroatoms. The Morgan fingerprint density at radius 3 is 2.33 bits per heavy atom. The molecule has 0 heterocycles. The Morgan fingerprint density at radius 2 is 1.75 bits per heavy atom. The van der Waals surface area contributed by atoms with Crippen LogP contribution in [0, 0.1) is 13.8 Å². The smallest absolute Gasteiger partial charge is 0.265 e. The number of ether oxygens (including phenoxy) is 2. The molecule has 1 N–H and O–H groups in total. The van der Waals surface area contributed by atoms with E-state index in [0.29, 0.717) is 27.2 Å². The summed E-state index contributed by atoms with van der Waals surface area (Å²) in [5, 5.41) is 3.96. The maximum atomic E-state index is 12.4. The van der Waals surface area contributed by atoms with Crippen molar-refractivity contribution < 1.29 is 14.3 Å². The normalized spacial score (nSPS) is 11.8. The van der Waals surface area contributed by atoms with Gasteiger partial charge in [-0.3, -0.25) is 4.79 Å². The minimum Gasteiger partial charge on any atom is -0.495 e. The number of carbonyl (C=O) groups excluding carboxylic acids is 1. The van der Waals surface area contributed by atoms with Gasteiger partial charge in [0.05, 0.1) is 12.8 Å². The number of rotatable bonds is 5. The van der Waals surface area contributed by atoms with Gasteiger partial charge in [-0.2, -0.15) is 0 Å². The molecular formula is C18H19Cl2NO3. The number of hydrogen-bond donors (Lipinski definition) is 1. The van der Waals surface area contributed by atoms with E-state index < -0.39 is 6.10 Å². The van der Waals surface area contributed by atoms with Gasteiger partial charge in [-0.25, -0.2) is 0 Å². The molecule has 0 aliphatic heterocycles. The first-order valence-corrected chi connectivity index (χ1v) is 8.15. The molecule has 2 aromatic carbocycles. The fourth-order valence-electron chi connectivity index (χ4n) is 2.24. The zero-order valence-electron chi connectivity index (χ0n) is 13.9. The summed E-state index contributed by atoms with van der Waals surface area (Å²) in [7, 11) is 1.53. The number of aryl methyl sites for hydroxylation is 2. The van der Waals surface area contributed by atoms with Crippen molar-refractivity contribution in [2.24, 2.45) is 0 Å². The van der Waals surface area contributed by atoms with Gasteiger partial charge in [0.15, 0.2) is 6.10 Å². The number of halogens is 2. The van der Waals surface area contributed by atoms with Gasteiger partial charge in [0.2, 0.25) is 0 Å². The molecule has 0 fully saturated rings. The first kappa shape index (κ1) is 18.4. The molecule has 0 saturated heterocycles. The average Bonchev–Trinajstić information content (AvgIpc) is 2.52. The summed E-state index contributed by atoms with van der Waals surface area (Å²) < 4.78 is 10.9. The van der Waals surface area contributed by atoms with Crippen LogP contribution in [0.2, 0.25) is 10.0 Å². The molecule has 24 heavy (non-hydrogen) atoms. The summed E-state index contributed by atoms with van der Waals surface area (Å²) in [4.78, 5) is 12.4. The fourth-order valence-corrected chi connectivity index (χ4v) is 2.53. The molecule has 0 bridgehead atoms. The van der Waals surface area contributed by atoms with Crippen molar-refractivity contribution in [3.05, 3.63) is 51.5 Å². The number of nitrogens with one attached hydrogen (secondary N) is 1. The van der Waals surface area contributed by atoms with E-state index in [2.05, 4.69) is 5.32 Å². The molecule has 4 nitrogen and oxygen atoms in total. The quantitative estimate of drug-likeness (QED) is 0.806. The summed E-state index contributed by atoms with van der Waals surface area (Å²) in [5.74, 6) is 0.814. The van der Waals surface area contributed by atoms with E-state index in [-0.39, 0.29) is 5.91 Å². The molecule has 0 spiro atoms. The second-order valence-electron chi connectivity index (χ2n) is 5.46. The first-order valence-electron chi connectivity index (χ1n) is 7.39. The molecule has 128 valence electrons. The van der Waals surface area contributed by atoms with Gasteiger partial charge in [0.25, 0.3) is 5.91 Å². The molecule has 2 rings (SSSR count). The molecule has 1 atom stereocenters. The molecule has 0 unspecified atom stereocenters. The van der Waals surface area contributed by atoms with Gasteiger partial charge in [-0.15, -0.1) is 0 Å². The van der Waals surface area contributed by atoms with E-state index >= 15 is 0 Å². The van der Waals surface area contributed by atoms with E-state index in [1.54, 1.807) is 37.3 Å². The van der Waals surface area contributed by atoms with Crippen molar-refractivity contribution in [2.45, 2.75) is 26.9 Å². The largest absolute Gasteiger partial charge is 0.495 e.